The van der Waals surface area contributed by atoms with Gasteiger partial charge >= 0.3 is 0 Å². The molecule has 1 aromatic heterocycles. The number of sulfonamides is 1. The van der Waals surface area contributed by atoms with E-state index in [1.807, 2.05) is 0 Å². The summed E-state index contributed by atoms with van der Waals surface area (Å²) in [6.45, 7) is 0. The number of aromatic nitrogens is 4. The molecule has 1 heterocycles. The van der Waals surface area contributed by atoms with Crippen molar-refractivity contribution in [3.8, 4) is 11.4 Å². The second kappa shape index (κ2) is 6.77. The predicted octanol–water partition coefficient (Wildman–Crippen LogP) is 1.81. The molecular weight excluding hydrogens is 366 g/mol. The summed E-state index contributed by atoms with van der Waals surface area (Å²) >= 11 is 0. The van der Waals surface area contributed by atoms with Crippen LogP contribution in [0.25, 0.3) is 11.4 Å². The van der Waals surface area contributed by atoms with Gasteiger partial charge in [-0.05, 0) is 42.6 Å². The van der Waals surface area contributed by atoms with Crippen LogP contribution in [0.3, 0.4) is 0 Å². The second-order valence-corrected chi connectivity index (χ2v) is 7.15. The molecule has 0 amide bonds. The van der Waals surface area contributed by atoms with Gasteiger partial charge in [-0.3, -0.25) is 0 Å². The van der Waals surface area contributed by atoms with E-state index >= 15 is 0 Å². The number of hydrogen-bond acceptors (Lipinski definition) is 6. The molecule has 136 valence electrons. The lowest BCUT2D eigenvalue weighted by Gasteiger charge is -2.13. The minimum Gasteiger partial charge on any atom is -0.352 e. The maximum atomic E-state index is 13.9. The molecule has 8 nitrogen and oxygen atoms in total. The van der Waals surface area contributed by atoms with Gasteiger partial charge in [0.1, 0.15) is 11.6 Å². The van der Waals surface area contributed by atoms with Crippen molar-refractivity contribution in [2.75, 3.05) is 12.4 Å². The molecule has 0 atom stereocenters. The average Bonchev–Trinajstić information content (AvgIpc) is 3.04. The molecule has 3 aromatic rings. The summed E-state index contributed by atoms with van der Waals surface area (Å²) in [5.74, 6) is -1.17. The first-order valence-electron chi connectivity index (χ1n) is 7.34. The van der Waals surface area contributed by atoms with Crippen LogP contribution in [0, 0.1) is 11.6 Å². The smallest absolute Gasteiger partial charge is 0.240 e. The summed E-state index contributed by atoms with van der Waals surface area (Å²) in [4.78, 5) is 1.16. The van der Waals surface area contributed by atoms with Crippen LogP contribution in [-0.4, -0.2) is 35.7 Å². The summed E-state index contributed by atoms with van der Waals surface area (Å²) < 4.78 is 53.7. The third-order valence-electron chi connectivity index (χ3n) is 3.52. The summed E-state index contributed by atoms with van der Waals surface area (Å²) in [7, 11) is -0.894. The Morgan fingerprint density at radius 2 is 1.85 bits per heavy atom. The lowest BCUT2D eigenvalue weighted by atomic mass is 10.1. The molecule has 0 saturated carbocycles. The lowest BCUT2D eigenvalue weighted by molar-refractivity contribution is 0.588. The zero-order valence-corrected chi connectivity index (χ0v) is 14.6. The van der Waals surface area contributed by atoms with Gasteiger partial charge in [0, 0.05) is 17.3 Å². The normalized spacial score (nSPS) is 11.5. The Bertz CT molecular complexity index is 1070. The standard InChI is InChI=1S/C15H14F2N6O2S/c1-18-26(24,25)10-4-6-13(11(8-10)15-20-22-23(2)21-15)19-14-7-9(16)3-5-12(14)17/h3-8,18-19H,1-2H3. The van der Waals surface area contributed by atoms with Crippen molar-refractivity contribution >= 4 is 21.4 Å². The lowest BCUT2D eigenvalue weighted by Crippen LogP contribution is -2.18. The number of aryl methyl sites for hydroxylation is 1. The van der Waals surface area contributed by atoms with E-state index in [2.05, 4.69) is 25.4 Å². The van der Waals surface area contributed by atoms with Crippen molar-refractivity contribution < 1.29 is 17.2 Å². The van der Waals surface area contributed by atoms with Gasteiger partial charge in [0.2, 0.25) is 15.8 Å². The summed E-state index contributed by atoms with van der Waals surface area (Å²) in [5.41, 5.74) is 0.440. The van der Waals surface area contributed by atoms with E-state index < -0.39 is 21.7 Å². The number of halogens is 2. The van der Waals surface area contributed by atoms with Crippen LogP contribution < -0.4 is 10.0 Å². The number of nitrogens with zero attached hydrogens (tertiary/aromatic N) is 4. The highest BCUT2D eigenvalue weighted by Crippen LogP contribution is 2.31. The molecule has 11 heteroatoms. The van der Waals surface area contributed by atoms with Crippen molar-refractivity contribution in [3.05, 3.63) is 48.0 Å². The number of benzene rings is 2. The predicted molar refractivity (Wildman–Crippen MR) is 90.1 cm³/mol. The Morgan fingerprint density at radius 1 is 1.08 bits per heavy atom. The van der Waals surface area contributed by atoms with E-state index in [4.69, 9.17) is 0 Å². The third-order valence-corrected chi connectivity index (χ3v) is 4.93. The summed E-state index contributed by atoms with van der Waals surface area (Å²) in [5, 5.41) is 14.4. The fourth-order valence-electron chi connectivity index (χ4n) is 2.23. The first-order chi connectivity index (χ1) is 12.3. The summed E-state index contributed by atoms with van der Waals surface area (Å²) in [6, 6.07) is 7.03. The van der Waals surface area contributed by atoms with Crippen molar-refractivity contribution in [1.82, 2.24) is 24.9 Å². The van der Waals surface area contributed by atoms with Crippen LogP contribution in [0.1, 0.15) is 0 Å². The van der Waals surface area contributed by atoms with Gasteiger partial charge in [0.05, 0.1) is 17.6 Å². The maximum absolute atomic E-state index is 13.9. The Balaban J connectivity index is 2.14. The van der Waals surface area contributed by atoms with Crippen molar-refractivity contribution in [2.24, 2.45) is 7.05 Å². The average molecular weight is 380 g/mol. The van der Waals surface area contributed by atoms with E-state index in [1.165, 1.54) is 30.0 Å². The SMILES string of the molecule is CNS(=O)(=O)c1ccc(Nc2cc(F)ccc2F)c(-c2nnn(C)n2)c1. The molecule has 2 aromatic carbocycles. The van der Waals surface area contributed by atoms with Gasteiger partial charge in [-0.1, -0.05) is 0 Å². The molecule has 3 rings (SSSR count). The van der Waals surface area contributed by atoms with Gasteiger partial charge in [-0.2, -0.15) is 4.80 Å². The molecular formula is C15H14F2N6O2S. The zero-order chi connectivity index (χ0) is 18.9. The van der Waals surface area contributed by atoms with E-state index in [0.29, 0.717) is 0 Å². The molecule has 0 aliphatic heterocycles. The monoisotopic (exact) mass is 380 g/mol. The Kier molecular flexibility index (Phi) is 4.66. The molecule has 0 spiro atoms. The number of tetrazole rings is 1. The van der Waals surface area contributed by atoms with Gasteiger partial charge in [-0.25, -0.2) is 21.9 Å². The largest absolute Gasteiger partial charge is 0.352 e. The van der Waals surface area contributed by atoms with Crippen LogP contribution in [0.15, 0.2) is 41.3 Å². The van der Waals surface area contributed by atoms with E-state index in [0.717, 1.165) is 18.2 Å². The van der Waals surface area contributed by atoms with E-state index in [-0.39, 0.29) is 27.7 Å². The van der Waals surface area contributed by atoms with Crippen molar-refractivity contribution in [1.29, 1.82) is 0 Å². The first kappa shape index (κ1) is 17.9. The highest BCUT2D eigenvalue weighted by atomic mass is 32.2. The van der Waals surface area contributed by atoms with Crippen LogP contribution in [-0.2, 0) is 17.1 Å². The molecule has 26 heavy (non-hydrogen) atoms. The molecule has 0 unspecified atom stereocenters. The molecule has 2 N–H and O–H groups in total. The summed E-state index contributed by atoms with van der Waals surface area (Å²) in [6.07, 6.45) is 0. The quantitative estimate of drug-likeness (QED) is 0.700. The molecule has 0 fully saturated rings. The highest BCUT2D eigenvalue weighted by molar-refractivity contribution is 7.89. The van der Waals surface area contributed by atoms with Gasteiger partial charge in [0.25, 0.3) is 0 Å². The number of nitrogens with one attached hydrogen (secondary N) is 2. The van der Waals surface area contributed by atoms with Crippen molar-refractivity contribution in [2.45, 2.75) is 4.90 Å². The fourth-order valence-corrected chi connectivity index (χ4v) is 2.99. The van der Waals surface area contributed by atoms with Gasteiger partial charge in [0.15, 0.2) is 0 Å². The highest BCUT2D eigenvalue weighted by Gasteiger charge is 2.18. The van der Waals surface area contributed by atoms with E-state index in [1.54, 1.807) is 7.05 Å². The molecule has 0 saturated heterocycles. The van der Waals surface area contributed by atoms with Gasteiger partial charge in [-0.15, -0.1) is 10.2 Å². The number of anilines is 2. The van der Waals surface area contributed by atoms with E-state index in [9.17, 15) is 17.2 Å². The van der Waals surface area contributed by atoms with Crippen LogP contribution >= 0.6 is 0 Å². The maximum Gasteiger partial charge on any atom is 0.240 e. The fraction of sp³-hybridized carbons (Fsp3) is 0.133. The molecule has 0 aliphatic carbocycles. The van der Waals surface area contributed by atoms with Crippen LogP contribution in [0.2, 0.25) is 0 Å². The van der Waals surface area contributed by atoms with Crippen LogP contribution in [0.4, 0.5) is 20.2 Å². The Labute approximate surface area is 147 Å². The third kappa shape index (κ3) is 3.53. The van der Waals surface area contributed by atoms with Gasteiger partial charge < -0.3 is 5.32 Å². The first-order valence-corrected chi connectivity index (χ1v) is 8.82. The second-order valence-electron chi connectivity index (χ2n) is 5.27. The Hall–Kier alpha value is -2.92. The Morgan fingerprint density at radius 3 is 2.50 bits per heavy atom. The molecule has 0 radical (unpaired) electrons. The number of hydrogen-bond donors (Lipinski definition) is 2. The van der Waals surface area contributed by atoms with Crippen LogP contribution in [0.5, 0.6) is 0 Å². The minimum atomic E-state index is -3.72. The number of rotatable bonds is 5. The molecule has 0 bridgehead atoms. The molecule has 0 aliphatic rings. The topological polar surface area (TPSA) is 102 Å². The van der Waals surface area contributed by atoms with Crippen molar-refractivity contribution in [3.63, 3.8) is 0 Å². The minimum absolute atomic E-state index is 0.0345. The zero-order valence-electron chi connectivity index (χ0n) is 13.7.